The predicted octanol–water partition coefficient (Wildman–Crippen LogP) is 5.24. The number of carbonyl (C=O) groups excluding carboxylic acids is 2. The van der Waals surface area contributed by atoms with Crippen molar-refractivity contribution in [3.8, 4) is 11.1 Å². The number of aliphatic carboxylic acids is 1. The quantitative estimate of drug-likeness (QED) is 0.321. The van der Waals surface area contributed by atoms with Gasteiger partial charge in [0.05, 0.1) is 0 Å². The van der Waals surface area contributed by atoms with Gasteiger partial charge in [0.15, 0.2) is 0 Å². The highest BCUT2D eigenvalue weighted by molar-refractivity contribution is 5.79. The van der Waals surface area contributed by atoms with E-state index in [0.29, 0.717) is 19.4 Å². The van der Waals surface area contributed by atoms with Crippen molar-refractivity contribution in [2.45, 2.75) is 70.3 Å². The van der Waals surface area contributed by atoms with Crippen molar-refractivity contribution in [2.24, 2.45) is 0 Å². The topological polar surface area (TPSA) is 105 Å². The van der Waals surface area contributed by atoms with E-state index in [1.807, 2.05) is 24.3 Å². The summed E-state index contributed by atoms with van der Waals surface area (Å²) in [5.74, 6) is -0.929. The van der Waals surface area contributed by atoms with Gasteiger partial charge >= 0.3 is 12.1 Å². The average Bonchev–Trinajstić information content (AvgIpc) is 3.17. The van der Waals surface area contributed by atoms with Crippen LogP contribution in [-0.4, -0.2) is 42.3 Å². The van der Waals surface area contributed by atoms with Gasteiger partial charge in [-0.15, -0.1) is 0 Å². The summed E-state index contributed by atoms with van der Waals surface area (Å²) in [5.41, 5.74) is 4.67. The van der Waals surface area contributed by atoms with Crippen LogP contribution >= 0.6 is 0 Å². The lowest BCUT2D eigenvalue weighted by Crippen LogP contribution is -2.40. The Hall–Kier alpha value is -3.35. The zero-order valence-electron chi connectivity index (χ0n) is 20.4. The number of unbranched alkanes of at least 4 members (excludes halogenated alkanes) is 3. The molecule has 7 nitrogen and oxygen atoms in total. The summed E-state index contributed by atoms with van der Waals surface area (Å²) in [4.78, 5) is 35.6. The molecule has 0 saturated heterocycles. The lowest BCUT2D eigenvalue weighted by molar-refractivity contribution is -0.137. The molecule has 0 saturated carbocycles. The number of hydrogen-bond acceptors (Lipinski definition) is 4. The Kier molecular flexibility index (Phi) is 10.1. The molecular formula is C28H36N2O5. The van der Waals surface area contributed by atoms with Gasteiger partial charge in [0.1, 0.15) is 6.61 Å². The second-order valence-electron chi connectivity index (χ2n) is 9.07. The molecule has 0 spiro atoms. The molecule has 188 valence electrons. The van der Waals surface area contributed by atoms with Crippen molar-refractivity contribution in [3.63, 3.8) is 0 Å². The minimum absolute atomic E-state index is 0.00772. The van der Waals surface area contributed by atoms with Gasteiger partial charge in [-0.1, -0.05) is 74.7 Å². The van der Waals surface area contributed by atoms with Gasteiger partial charge < -0.3 is 20.5 Å². The van der Waals surface area contributed by atoms with E-state index in [1.165, 1.54) is 11.1 Å². The number of rotatable bonds is 14. The number of nitrogens with one attached hydrogen (secondary N) is 2. The van der Waals surface area contributed by atoms with Gasteiger partial charge in [0.25, 0.3) is 0 Å². The summed E-state index contributed by atoms with van der Waals surface area (Å²) >= 11 is 0. The van der Waals surface area contributed by atoms with Crippen LogP contribution in [0.25, 0.3) is 11.1 Å². The SMILES string of the molecule is CCCC[C@H](CC(=O)NCCCCCC(=O)O)NC(=O)OCC1c2ccccc2-c2ccccc21. The van der Waals surface area contributed by atoms with E-state index in [0.717, 1.165) is 36.8 Å². The van der Waals surface area contributed by atoms with Crippen LogP contribution < -0.4 is 10.6 Å². The number of benzene rings is 2. The molecule has 3 rings (SSSR count). The maximum absolute atomic E-state index is 12.7. The number of carbonyl (C=O) groups is 3. The number of hydrogen-bond donors (Lipinski definition) is 3. The Balaban J connectivity index is 1.48. The lowest BCUT2D eigenvalue weighted by Gasteiger charge is -2.20. The first-order chi connectivity index (χ1) is 17.0. The van der Waals surface area contributed by atoms with Crippen LogP contribution in [0.2, 0.25) is 0 Å². The minimum Gasteiger partial charge on any atom is -0.481 e. The highest BCUT2D eigenvalue weighted by atomic mass is 16.5. The lowest BCUT2D eigenvalue weighted by atomic mass is 9.98. The van der Waals surface area contributed by atoms with Crippen molar-refractivity contribution in [2.75, 3.05) is 13.2 Å². The maximum Gasteiger partial charge on any atom is 0.407 e. The van der Waals surface area contributed by atoms with Gasteiger partial charge in [-0.2, -0.15) is 0 Å². The van der Waals surface area contributed by atoms with Crippen molar-refractivity contribution in [3.05, 3.63) is 59.7 Å². The molecule has 0 unspecified atom stereocenters. The molecule has 3 N–H and O–H groups in total. The Labute approximate surface area is 207 Å². The molecule has 0 heterocycles. The van der Waals surface area contributed by atoms with Crippen LogP contribution in [0.15, 0.2) is 48.5 Å². The monoisotopic (exact) mass is 480 g/mol. The number of carboxylic acids is 1. The highest BCUT2D eigenvalue weighted by Gasteiger charge is 2.29. The molecule has 35 heavy (non-hydrogen) atoms. The highest BCUT2D eigenvalue weighted by Crippen LogP contribution is 2.44. The molecule has 1 atom stereocenters. The summed E-state index contributed by atoms with van der Waals surface area (Å²) in [7, 11) is 0. The number of carboxylic acid groups (broad SMARTS) is 1. The van der Waals surface area contributed by atoms with E-state index in [9.17, 15) is 14.4 Å². The molecule has 0 fully saturated rings. The van der Waals surface area contributed by atoms with Crippen LogP contribution in [0, 0.1) is 0 Å². The van der Waals surface area contributed by atoms with Crippen molar-refractivity contribution in [1.82, 2.24) is 10.6 Å². The number of amides is 2. The van der Waals surface area contributed by atoms with E-state index in [2.05, 4.69) is 41.8 Å². The van der Waals surface area contributed by atoms with E-state index in [1.54, 1.807) is 0 Å². The fourth-order valence-corrected chi connectivity index (χ4v) is 4.58. The van der Waals surface area contributed by atoms with E-state index >= 15 is 0 Å². The first kappa shape index (κ1) is 26.3. The third kappa shape index (κ3) is 7.84. The van der Waals surface area contributed by atoms with Crippen LogP contribution in [0.4, 0.5) is 4.79 Å². The fraction of sp³-hybridized carbons (Fsp3) is 0.464. The molecule has 0 bridgehead atoms. The van der Waals surface area contributed by atoms with Crippen molar-refractivity contribution in [1.29, 1.82) is 0 Å². The second kappa shape index (κ2) is 13.5. The Morgan fingerprint density at radius 1 is 0.943 bits per heavy atom. The molecule has 1 aliphatic rings. The summed E-state index contributed by atoms with van der Waals surface area (Å²) in [6.45, 7) is 2.81. The molecule has 1 aliphatic carbocycles. The molecule has 0 aliphatic heterocycles. The Bertz CT molecular complexity index is 961. The van der Waals surface area contributed by atoms with E-state index in [4.69, 9.17) is 9.84 Å². The molecule has 2 aromatic rings. The van der Waals surface area contributed by atoms with Crippen LogP contribution in [0.1, 0.15) is 75.3 Å². The number of ether oxygens (including phenoxy) is 1. The van der Waals surface area contributed by atoms with Gasteiger partial charge in [-0.05, 0) is 41.5 Å². The van der Waals surface area contributed by atoms with Gasteiger partial charge in [-0.25, -0.2) is 4.79 Å². The zero-order valence-corrected chi connectivity index (χ0v) is 20.4. The standard InChI is InChI=1S/C28H36N2O5/c1-2-3-11-20(18-26(31)29-17-10-4-5-16-27(32)33)30-28(34)35-19-25-23-14-8-6-12-21(23)22-13-7-9-15-24(22)25/h6-9,12-15,20,25H,2-5,10-11,16-19H2,1H3,(H,29,31)(H,30,34)(H,32,33)/t20-/m1/s1. The van der Waals surface area contributed by atoms with Crippen LogP contribution in [0.3, 0.4) is 0 Å². The molecular weight excluding hydrogens is 444 g/mol. The average molecular weight is 481 g/mol. The zero-order chi connectivity index (χ0) is 25.0. The Morgan fingerprint density at radius 3 is 2.23 bits per heavy atom. The molecule has 2 amide bonds. The predicted molar refractivity (Wildman–Crippen MR) is 135 cm³/mol. The number of alkyl carbamates (subject to hydrolysis) is 1. The molecule has 2 aromatic carbocycles. The first-order valence-corrected chi connectivity index (χ1v) is 12.6. The summed E-state index contributed by atoms with van der Waals surface area (Å²) in [6, 6.07) is 16.1. The van der Waals surface area contributed by atoms with Crippen molar-refractivity contribution < 1.29 is 24.2 Å². The summed E-state index contributed by atoms with van der Waals surface area (Å²) < 4.78 is 5.65. The van der Waals surface area contributed by atoms with Crippen molar-refractivity contribution >= 4 is 18.0 Å². The van der Waals surface area contributed by atoms with Gasteiger partial charge in [0, 0.05) is 31.3 Å². The van der Waals surface area contributed by atoms with E-state index < -0.39 is 12.1 Å². The number of fused-ring (bicyclic) bond motifs is 3. The molecule has 7 heteroatoms. The van der Waals surface area contributed by atoms with Gasteiger partial charge in [-0.3, -0.25) is 9.59 Å². The smallest absolute Gasteiger partial charge is 0.407 e. The maximum atomic E-state index is 12.7. The summed E-state index contributed by atoms with van der Waals surface area (Å²) in [5, 5.41) is 14.4. The van der Waals surface area contributed by atoms with Gasteiger partial charge in [0.2, 0.25) is 5.91 Å². The fourth-order valence-electron chi connectivity index (χ4n) is 4.58. The second-order valence-corrected chi connectivity index (χ2v) is 9.07. The third-order valence-corrected chi connectivity index (χ3v) is 6.39. The largest absolute Gasteiger partial charge is 0.481 e. The third-order valence-electron chi connectivity index (χ3n) is 6.39. The van der Waals surface area contributed by atoms with Crippen LogP contribution in [-0.2, 0) is 14.3 Å². The normalized spacial score (nSPS) is 12.9. The molecule has 0 radical (unpaired) electrons. The first-order valence-electron chi connectivity index (χ1n) is 12.6. The van der Waals surface area contributed by atoms with Crippen LogP contribution in [0.5, 0.6) is 0 Å². The minimum atomic E-state index is -0.799. The van der Waals surface area contributed by atoms with E-state index in [-0.39, 0.29) is 37.3 Å². The summed E-state index contributed by atoms with van der Waals surface area (Å²) in [6.07, 6.45) is 4.50. The Morgan fingerprint density at radius 2 is 1.60 bits per heavy atom. The molecule has 0 aromatic heterocycles.